The van der Waals surface area contributed by atoms with Gasteiger partial charge in [-0.3, -0.25) is 4.79 Å². The van der Waals surface area contributed by atoms with Crippen molar-refractivity contribution in [3.8, 4) is 17.6 Å². The van der Waals surface area contributed by atoms with Crippen LogP contribution in [0.2, 0.25) is 5.02 Å². The second-order valence-corrected chi connectivity index (χ2v) is 5.71. The summed E-state index contributed by atoms with van der Waals surface area (Å²) in [4.78, 5) is 11.4. The maximum absolute atomic E-state index is 11.4. The van der Waals surface area contributed by atoms with E-state index in [0.29, 0.717) is 23.1 Å². The highest BCUT2D eigenvalue weighted by molar-refractivity contribution is 6.32. The van der Waals surface area contributed by atoms with Crippen molar-refractivity contribution in [3.05, 3.63) is 58.6 Å². The Labute approximate surface area is 152 Å². The first-order valence-electron chi connectivity index (χ1n) is 7.81. The standard InChI is InChI=1S/C19H19ClN2O3/c1-24-17-12-15(13-22-18(23)7-9-21)11-16(20)19(17)25-10-8-14-5-3-2-4-6-14/h2-6,11-12H,7-8,10,13H2,1H3,(H,22,23). The molecule has 0 saturated heterocycles. The average Bonchev–Trinajstić information content (AvgIpc) is 2.62. The van der Waals surface area contributed by atoms with Crippen LogP contribution in [0.25, 0.3) is 0 Å². The minimum absolute atomic E-state index is 0.175. The van der Waals surface area contributed by atoms with Gasteiger partial charge in [-0.25, -0.2) is 0 Å². The van der Waals surface area contributed by atoms with E-state index in [9.17, 15) is 4.79 Å². The highest BCUT2D eigenvalue weighted by atomic mass is 35.5. The number of methoxy groups -OCH3 is 1. The zero-order valence-corrected chi connectivity index (χ0v) is 14.7. The smallest absolute Gasteiger partial charge is 0.234 e. The number of benzene rings is 2. The molecule has 0 atom stereocenters. The molecule has 0 fully saturated rings. The van der Waals surface area contributed by atoms with E-state index in [1.165, 1.54) is 12.7 Å². The van der Waals surface area contributed by atoms with Crippen LogP contribution in [0.15, 0.2) is 42.5 Å². The molecule has 0 aliphatic rings. The van der Waals surface area contributed by atoms with Crippen molar-refractivity contribution >= 4 is 17.5 Å². The van der Waals surface area contributed by atoms with Gasteiger partial charge in [-0.15, -0.1) is 0 Å². The van der Waals surface area contributed by atoms with Crippen LogP contribution in [-0.2, 0) is 17.8 Å². The molecule has 25 heavy (non-hydrogen) atoms. The third-order valence-corrected chi connectivity index (χ3v) is 3.78. The minimum Gasteiger partial charge on any atom is -0.493 e. The van der Waals surface area contributed by atoms with Crippen molar-refractivity contribution in [2.45, 2.75) is 19.4 Å². The number of nitriles is 1. The van der Waals surface area contributed by atoms with E-state index in [-0.39, 0.29) is 18.9 Å². The summed E-state index contributed by atoms with van der Waals surface area (Å²) in [6.45, 7) is 0.735. The Hall–Kier alpha value is -2.71. The Kier molecular flexibility index (Phi) is 7.12. The number of carbonyl (C=O) groups is 1. The molecule has 1 amide bonds. The summed E-state index contributed by atoms with van der Waals surface area (Å²) in [6, 6.07) is 15.3. The number of nitrogens with zero attached hydrogens (tertiary/aromatic N) is 1. The van der Waals surface area contributed by atoms with Gasteiger partial charge in [-0.1, -0.05) is 41.9 Å². The number of carbonyl (C=O) groups excluding carboxylic acids is 1. The van der Waals surface area contributed by atoms with Gasteiger partial charge >= 0.3 is 0 Å². The molecule has 0 saturated carbocycles. The lowest BCUT2D eigenvalue weighted by molar-refractivity contribution is -0.120. The monoisotopic (exact) mass is 358 g/mol. The second-order valence-electron chi connectivity index (χ2n) is 5.30. The number of amides is 1. The van der Waals surface area contributed by atoms with Crippen molar-refractivity contribution < 1.29 is 14.3 Å². The van der Waals surface area contributed by atoms with Crippen molar-refractivity contribution in [1.82, 2.24) is 5.32 Å². The number of ether oxygens (including phenoxy) is 2. The molecular weight excluding hydrogens is 340 g/mol. The van der Waals surface area contributed by atoms with Crippen LogP contribution < -0.4 is 14.8 Å². The molecule has 2 aromatic carbocycles. The van der Waals surface area contributed by atoms with Crippen molar-refractivity contribution in [2.24, 2.45) is 0 Å². The molecular formula is C19H19ClN2O3. The first-order chi connectivity index (χ1) is 12.1. The van der Waals surface area contributed by atoms with Crippen LogP contribution in [0.5, 0.6) is 11.5 Å². The van der Waals surface area contributed by atoms with Gasteiger partial charge < -0.3 is 14.8 Å². The topological polar surface area (TPSA) is 71.3 Å². The molecule has 0 unspecified atom stereocenters. The van der Waals surface area contributed by atoms with Crippen molar-refractivity contribution in [1.29, 1.82) is 5.26 Å². The van der Waals surface area contributed by atoms with E-state index in [2.05, 4.69) is 5.32 Å². The van der Waals surface area contributed by atoms with Gasteiger partial charge in [0, 0.05) is 13.0 Å². The Morgan fingerprint density at radius 2 is 2.00 bits per heavy atom. The molecule has 0 radical (unpaired) electrons. The van der Waals surface area contributed by atoms with Crippen LogP contribution in [0.1, 0.15) is 17.5 Å². The van der Waals surface area contributed by atoms with E-state index in [1.807, 2.05) is 30.3 Å². The number of hydrogen-bond donors (Lipinski definition) is 1. The van der Waals surface area contributed by atoms with Crippen molar-refractivity contribution in [2.75, 3.05) is 13.7 Å². The summed E-state index contributed by atoms with van der Waals surface area (Å²) in [7, 11) is 1.54. The average molecular weight is 359 g/mol. The molecule has 0 aliphatic heterocycles. The number of hydrogen-bond acceptors (Lipinski definition) is 4. The maximum atomic E-state index is 11.4. The summed E-state index contributed by atoms with van der Waals surface area (Å²) in [5.74, 6) is 0.651. The number of rotatable bonds is 8. The van der Waals surface area contributed by atoms with Crippen LogP contribution >= 0.6 is 11.6 Å². The van der Waals surface area contributed by atoms with Gasteiger partial charge in [0.25, 0.3) is 0 Å². The van der Waals surface area contributed by atoms with Gasteiger partial charge in [-0.2, -0.15) is 5.26 Å². The Morgan fingerprint density at radius 1 is 1.24 bits per heavy atom. The fourth-order valence-electron chi connectivity index (χ4n) is 2.27. The largest absolute Gasteiger partial charge is 0.493 e. The van der Waals surface area contributed by atoms with Crippen molar-refractivity contribution in [3.63, 3.8) is 0 Å². The first-order valence-corrected chi connectivity index (χ1v) is 8.18. The zero-order chi connectivity index (χ0) is 18.1. The van der Waals surface area contributed by atoms with Crippen LogP contribution in [-0.4, -0.2) is 19.6 Å². The van der Waals surface area contributed by atoms with Gasteiger partial charge in [0.15, 0.2) is 11.5 Å². The van der Waals surface area contributed by atoms with Gasteiger partial charge in [0.2, 0.25) is 5.91 Å². The van der Waals surface area contributed by atoms with Gasteiger partial charge in [0.05, 0.1) is 24.8 Å². The molecule has 2 aromatic rings. The van der Waals surface area contributed by atoms with Gasteiger partial charge in [0.1, 0.15) is 6.42 Å². The lowest BCUT2D eigenvalue weighted by atomic mass is 10.1. The Balaban J connectivity index is 2.01. The maximum Gasteiger partial charge on any atom is 0.234 e. The van der Waals surface area contributed by atoms with E-state index in [0.717, 1.165) is 12.0 Å². The van der Waals surface area contributed by atoms with E-state index >= 15 is 0 Å². The normalized spacial score (nSPS) is 9.96. The number of halogens is 1. The Morgan fingerprint density at radius 3 is 2.68 bits per heavy atom. The predicted octanol–water partition coefficient (Wildman–Crippen LogP) is 3.50. The minimum atomic E-state index is -0.333. The SMILES string of the molecule is COc1cc(CNC(=O)CC#N)cc(Cl)c1OCCc1ccccc1. The molecule has 0 aliphatic carbocycles. The van der Waals surface area contributed by atoms with E-state index in [1.54, 1.807) is 18.2 Å². The summed E-state index contributed by atoms with van der Waals surface area (Å²) in [5.41, 5.74) is 1.94. The first kappa shape index (κ1) is 18.6. The fourth-order valence-corrected chi connectivity index (χ4v) is 2.55. The van der Waals surface area contributed by atoms with Crippen LogP contribution in [0, 0.1) is 11.3 Å². The molecule has 0 aromatic heterocycles. The fraction of sp³-hybridized carbons (Fsp3) is 0.263. The summed E-state index contributed by atoms with van der Waals surface area (Å²) < 4.78 is 11.1. The molecule has 2 rings (SSSR count). The molecule has 0 heterocycles. The van der Waals surface area contributed by atoms with Gasteiger partial charge in [-0.05, 0) is 23.3 Å². The quantitative estimate of drug-likeness (QED) is 0.784. The molecule has 5 nitrogen and oxygen atoms in total. The summed E-state index contributed by atoms with van der Waals surface area (Å²) in [5, 5.41) is 11.6. The lowest BCUT2D eigenvalue weighted by Crippen LogP contribution is -2.21. The highest BCUT2D eigenvalue weighted by Crippen LogP contribution is 2.36. The van der Waals surface area contributed by atoms with E-state index in [4.69, 9.17) is 26.3 Å². The number of nitrogens with one attached hydrogen (secondary N) is 1. The molecule has 130 valence electrons. The summed E-state index contributed by atoms with van der Waals surface area (Å²) >= 11 is 6.30. The molecule has 0 bridgehead atoms. The Bertz CT molecular complexity index is 757. The summed E-state index contributed by atoms with van der Waals surface area (Å²) in [6.07, 6.45) is 0.581. The zero-order valence-electron chi connectivity index (χ0n) is 13.9. The van der Waals surface area contributed by atoms with E-state index < -0.39 is 0 Å². The van der Waals surface area contributed by atoms with Crippen LogP contribution in [0.3, 0.4) is 0 Å². The lowest BCUT2D eigenvalue weighted by Gasteiger charge is -2.14. The molecule has 6 heteroatoms. The predicted molar refractivity (Wildman–Crippen MR) is 95.7 cm³/mol. The molecule has 1 N–H and O–H groups in total. The third kappa shape index (κ3) is 5.70. The van der Waals surface area contributed by atoms with Crippen LogP contribution in [0.4, 0.5) is 0 Å². The third-order valence-electron chi connectivity index (χ3n) is 3.50. The highest BCUT2D eigenvalue weighted by Gasteiger charge is 2.13. The molecule has 0 spiro atoms. The second kappa shape index (κ2) is 9.55.